The van der Waals surface area contributed by atoms with Crippen LogP contribution < -0.4 is 15.4 Å². The number of hydrogen-bond acceptors (Lipinski definition) is 3. The number of amides is 1. The number of para-hydroxylation sites is 1. The molecule has 0 heterocycles. The van der Waals surface area contributed by atoms with E-state index in [-0.39, 0.29) is 12.5 Å². The Balaban J connectivity index is 2.33. The number of aliphatic imine (C=N–C) groups is 1. The Morgan fingerprint density at radius 3 is 2.57 bits per heavy atom. The van der Waals surface area contributed by atoms with E-state index < -0.39 is 0 Å². The van der Waals surface area contributed by atoms with Crippen LogP contribution >= 0.6 is 0 Å². The highest BCUT2D eigenvalue weighted by Crippen LogP contribution is 2.07. The summed E-state index contributed by atoms with van der Waals surface area (Å²) in [6.07, 6.45) is 0. The van der Waals surface area contributed by atoms with Gasteiger partial charge in [0.1, 0.15) is 18.9 Å². The summed E-state index contributed by atoms with van der Waals surface area (Å²) in [6, 6.07) is 9.63. The lowest BCUT2D eigenvalue weighted by atomic mass is 10.3. The topological polar surface area (TPSA) is 66.0 Å². The molecule has 6 heteroatoms. The molecule has 0 fully saturated rings. The number of rotatable bonds is 7. The van der Waals surface area contributed by atoms with E-state index in [9.17, 15) is 4.79 Å². The van der Waals surface area contributed by atoms with Crippen molar-refractivity contribution in [2.24, 2.45) is 4.99 Å². The Morgan fingerprint density at radius 1 is 1.24 bits per heavy atom. The molecule has 0 aliphatic carbocycles. The number of benzene rings is 1. The molecule has 0 unspecified atom stereocenters. The maximum Gasteiger partial charge on any atom is 0.243 e. The molecular formula is C15H24N4O2. The second-order valence-electron chi connectivity index (χ2n) is 4.57. The van der Waals surface area contributed by atoms with Gasteiger partial charge < -0.3 is 20.3 Å². The molecule has 1 aromatic rings. The third-order valence-electron chi connectivity index (χ3n) is 2.62. The summed E-state index contributed by atoms with van der Waals surface area (Å²) in [6.45, 7) is 3.97. The summed E-state index contributed by atoms with van der Waals surface area (Å²) in [5.41, 5.74) is 0. The quantitative estimate of drug-likeness (QED) is 0.441. The Labute approximate surface area is 126 Å². The molecule has 116 valence electrons. The Kier molecular flexibility index (Phi) is 7.71. The SMILES string of the molecule is CCNC(=NCC(=O)N(C)C)NCCOc1ccccc1. The predicted octanol–water partition coefficient (Wildman–Crippen LogP) is 0.709. The molecular weight excluding hydrogens is 268 g/mol. The van der Waals surface area contributed by atoms with Crippen molar-refractivity contribution >= 4 is 11.9 Å². The average Bonchev–Trinajstić information content (AvgIpc) is 2.49. The number of carbonyl (C=O) groups is 1. The zero-order valence-electron chi connectivity index (χ0n) is 12.9. The van der Waals surface area contributed by atoms with E-state index in [1.807, 2.05) is 37.3 Å². The maximum absolute atomic E-state index is 11.5. The Hall–Kier alpha value is -2.24. The van der Waals surface area contributed by atoms with E-state index in [0.717, 1.165) is 12.3 Å². The Bertz CT molecular complexity index is 446. The van der Waals surface area contributed by atoms with Crippen molar-refractivity contribution in [1.82, 2.24) is 15.5 Å². The van der Waals surface area contributed by atoms with Gasteiger partial charge in [0.25, 0.3) is 0 Å². The van der Waals surface area contributed by atoms with Gasteiger partial charge in [-0.15, -0.1) is 0 Å². The fourth-order valence-electron chi connectivity index (χ4n) is 1.48. The van der Waals surface area contributed by atoms with Crippen molar-refractivity contribution in [2.45, 2.75) is 6.92 Å². The van der Waals surface area contributed by atoms with Gasteiger partial charge in [0.15, 0.2) is 5.96 Å². The lowest BCUT2D eigenvalue weighted by molar-refractivity contribution is -0.127. The molecule has 0 aliphatic heterocycles. The lowest BCUT2D eigenvalue weighted by Gasteiger charge is -2.13. The van der Waals surface area contributed by atoms with Crippen LogP contribution in [0, 0.1) is 0 Å². The van der Waals surface area contributed by atoms with E-state index in [1.165, 1.54) is 4.90 Å². The average molecular weight is 292 g/mol. The molecule has 0 bridgehead atoms. The first kappa shape index (κ1) is 16.8. The van der Waals surface area contributed by atoms with E-state index in [1.54, 1.807) is 14.1 Å². The largest absolute Gasteiger partial charge is 0.492 e. The summed E-state index contributed by atoms with van der Waals surface area (Å²) in [5, 5.41) is 6.22. The van der Waals surface area contributed by atoms with Crippen LogP contribution in [-0.4, -0.2) is 57.1 Å². The minimum absolute atomic E-state index is 0.0345. The number of ether oxygens (including phenoxy) is 1. The van der Waals surface area contributed by atoms with Crippen molar-refractivity contribution in [3.63, 3.8) is 0 Å². The first-order chi connectivity index (χ1) is 10.1. The van der Waals surface area contributed by atoms with Crippen molar-refractivity contribution in [1.29, 1.82) is 0 Å². The standard InChI is InChI=1S/C15H24N4O2/c1-4-16-15(18-12-14(20)19(2)3)17-10-11-21-13-8-6-5-7-9-13/h5-9H,4,10-12H2,1-3H3,(H2,16,17,18). The molecule has 1 rings (SSSR count). The number of guanidine groups is 1. The number of likely N-dealkylation sites (N-methyl/N-ethyl adjacent to an activating group) is 1. The van der Waals surface area contributed by atoms with E-state index in [4.69, 9.17) is 4.74 Å². The molecule has 21 heavy (non-hydrogen) atoms. The Morgan fingerprint density at radius 2 is 1.95 bits per heavy atom. The van der Waals surface area contributed by atoms with E-state index in [2.05, 4.69) is 15.6 Å². The summed E-state index contributed by atoms with van der Waals surface area (Å²) in [5.74, 6) is 1.42. The predicted molar refractivity (Wildman–Crippen MR) is 84.6 cm³/mol. The second kappa shape index (κ2) is 9.63. The van der Waals surface area contributed by atoms with Crippen LogP contribution in [0.25, 0.3) is 0 Å². The van der Waals surface area contributed by atoms with Crippen LogP contribution in [0.5, 0.6) is 5.75 Å². The van der Waals surface area contributed by atoms with Crippen LogP contribution in [0.15, 0.2) is 35.3 Å². The highest BCUT2D eigenvalue weighted by atomic mass is 16.5. The second-order valence-corrected chi connectivity index (χ2v) is 4.57. The third-order valence-corrected chi connectivity index (χ3v) is 2.62. The first-order valence-electron chi connectivity index (χ1n) is 7.03. The molecule has 1 aromatic carbocycles. The lowest BCUT2D eigenvalue weighted by Crippen LogP contribution is -2.40. The number of nitrogens with zero attached hydrogens (tertiary/aromatic N) is 2. The van der Waals surface area contributed by atoms with Crippen LogP contribution in [0.3, 0.4) is 0 Å². The molecule has 0 spiro atoms. The first-order valence-corrected chi connectivity index (χ1v) is 7.03. The summed E-state index contributed by atoms with van der Waals surface area (Å²) in [7, 11) is 3.43. The van der Waals surface area contributed by atoms with Gasteiger partial charge in [0.05, 0.1) is 6.54 Å². The molecule has 1 amide bonds. The van der Waals surface area contributed by atoms with Gasteiger partial charge in [-0.2, -0.15) is 0 Å². The van der Waals surface area contributed by atoms with Crippen LogP contribution in [0.4, 0.5) is 0 Å². The number of nitrogens with one attached hydrogen (secondary N) is 2. The fraction of sp³-hybridized carbons (Fsp3) is 0.467. The van der Waals surface area contributed by atoms with Crippen LogP contribution in [0.1, 0.15) is 6.92 Å². The van der Waals surface area contributed by atoms with Gasteiger partial charge >= 0.3 is 0 Å². The zero-order chi connectivity index (χ0) is 15.5. The van der Waals surface area contributed by atoms with Crippen LogP contribution in [0.2, 0.25) is 0 Å². The molecule has 0 saturated heterocycles. The molecule has 2 N–H and O–H groups in total. The molecule has 0 aromatic heterocycles. The number of carbonyl (C=O) groups excluding carboxylic acids is 1. The minimum Gasteiger partial charge on any atom is -0.492 e. The van der Waals surface area contributed by atoms with Gasteiger partial charge in [-0.3, -0.25) is 4.79 Å². The van der Waals surface area contributed by atoms with Gasteiger partial charge in [0, 0.05) is 20.6 Å². The maximum atomic E-state index is 11.5. The van der Waals surface area contributed by atoms with Crippen molar-refractivity contribution in [2.75, 3.05) is 40.3 Å². The van der Waals surface area contributed by atoms with E-state index >= 15 is 0 Å². The molecule has 0 radical (unpaired) electrons. The zero-order valence-corrected chi connectivity index (χ0v) is 12.9. The molecule has 0 atom stereocenters. The highest BCUT2D eigenvalue weighted by molar-refractivity contribution is 5.84. The van der Waals surface area contributed by atoms with Gasteiger partial charge in [0.2, 0.25) is 5.91 Å². The smallest absolute Gasteiger partial charge is 0.243 e. The van der Waals surface area contributed by atoms with Crippen molar-refractivity contribution in [3.05, 3.63) is 30.3 Å². The summed E-state index contributed by atoms with van der Waals surface area (Å²) < 4.78 is 5.58. The number of hydrogen-bond donors (Lipinski definition) is 2. The third kappa shape index (κ3) is 7.20. The summed E-state index contributed by atoms with van der Waals surface area (Å²) >= 11 is 0. The van der Waals surface area contributed by atoms with Gasteiger partial charge in [-0.1, -0.05) is 18.2 Å². The van der Waals surface area contributed by atoms with Crippen molar-refractivity contribution in [3.8, 4) is 5.75 Å². The normalized spacial score (nSPS) is 10.9. The van der Waals surface area contributed by atoms with Gasteiger partial charge in [-0.05, 0) is 19.1 Å². The van der Waals surface area contributed by atoms with Crippen LogP contribution in [-0.2, 0) is 4.79 Å². The molecule has 0 aliphatic rings. The minimum atomic E-state index is -0.0345. The van der Waals surface area contributed by atoms with E-state index in [0.29, 0.717) is 19.1 Å². The molecule has 6 nitrogen and oxygen atoms in total. The highest BCUT2D eigenvalue weighted by Gasteiger charge is 2.03. The monoisotopic (exact) mass is 292 g/mol. The van der Waals surface area contributed by atoms with Gasteiger partial charge in [-0.25, -0.2) is 4.99 Å². The molecule has 0 saturated carbocycles. The fourth-order valence-corrected chi connectivity index (χ4v) is 1.48. The summed E-state index contributed by atoms with van der Waals surface area (Å²) in [4.78, 5) is 17.3. The van der Waals surface area contributed by atoms with Crippen molar-refractivity contribution < 1.29 is 9.53 Å².